The first-order valence-corrected chi connectivity index (χ1v) is 3.65. The molecular formula is C7H13NO. The summed E-state index contributed by atoms with van der Waals surface area (Å²) < 4.78 is 0. The van der Waals surface area contributed by atoms with Crippen molar-refractivity contribution < 1.29 is 5.11 Å². The Bertz CT molecular complexity index is 108. The van der Waals surface area contributed by atoms with Crippen LogP contribution in [0.3, 0.4) is 0 Å². The number of nitrogens with zero attached hydrogens (tertiary/aromatic N) is 1. The zero-order valence-electron chi connectivity index (χ0n) is 5.75. The summed E-state index contributed by atoms with van der Waals surface area (Å²) in [6.07, 6.45) is 2.27. The summed E-state index contributed by atoms with van der Waals surface area (Å²) in [5, 5.41) is 9.31. The normalized spacial score (nSPS) is 50.7. The Hall–Kier alpha value is -0.0800. The lowest BCUT2D eigenvalue weighted by Gasteiger charge is -2.24. The molecular weight excluding hydrogens is 114 g/mol. The largest absolute Gasteiger partial charge is 0.393 e. The van der Waals surface area contributed by atoms with Crippen LogP contribution in [-0.4, -0.2) is 35.7 Å². The number of rotatable bonds is 0. The van der Waals surface area contributed by atoms with E-state index in [1.807, 2.05) is 0 Å². The molecule has 1 heterocycles. The van der Waals surface area contributed by atoms with Crippen LogP contribution in [0.1, 0.15) is 12.8 Å². The number of hydrogen-bond donors (Lipinski definition) is 1. The Morgan fingerprint density at radius 1 is 1.44 bits per heavy atom. The molecule has 2 rings (SSSR count). The highest BCUT2D eigenvalue weighted by molar-refractivity contribution is 4.95. The zero-order valence-corrected chi connectivity index (χ0v) is 5.75. The molecule has 3 atom stereocenters. The third kappa shape index (κ3) is 0.700. The van der Waals surface area contributed by atoms with Crippen molar-refractivity contribution in [3.8, 4) is 0 Å². The number of piperidine rings is 1. The van der Waals surface area contributed by atoms with Crippen LogP contribution in [0, 0.1) is 5.92 Å². The molecule has 0 radical (unpaired) electrons. The van der Waals surface area contributed by atoms with Gasteiger partial charge in [0.25, 0.3) is 0 Å². The van der Waals surface area contributed by atoms with E-state index in [9.17, 15) is 5.11 Å². The molecule has 0 aromatic rings. The van der Waals surface area contributed by atoms with Gasteiger partial charge in [0.05, 0.1) is 6.10 Å². The lowest BCUT2D eigenvalue weighted by atomic mass is 10.1. The van der Waals surface area contributed by atoms with Crippen molar-refractivity contribution in [1.82, 2.24) is 4.90 Å². The molecule has 1 aliphatic carbocycles. The standard InChI is InChI=1S/C7H13NO/c1-8-4-5-2-6(8)3-7(5)9/h5-7,9H,2-4H2,1H3/t5-,6-,7+/m0/s1. The molecule has 2 heteroatoms. The monoisotopic (exact) mass is 127 g/mol. The summed E-state index contributed by atoms with van der Waals surface area (Å²) >= 11 is 0. The average molecular weight is 127 g/mol. The van der Waals surface area contributed by atoms with E-state index in [1.54, 1.807) is 0 Å². The summed E-state index contributed by atoms with van der Waals surface area (Å²) in [6, 6.07) is 0.699. The minimum Gasteiger partial charge on any atom is -0.393 e. The van der Waals surface area contributed by atoms with Crippen molar-refractivity contribution >= 4 is 0 Å². The molecule has 2 bridgehead atoms. The van der Waals surface area contributed by atoms with E-state index >= 15 is 0 Å². The summed E-state index contributed by atoms with van der Waals surface area (Å²) in [5.41, 5.74) is 0. The Morgan fingerprint density at radius 2 is 2.22 bits per heavy atom. The first-order valence-electron chi connectivity index (χ1n) is 3.65. The van der Waals surface area contributed by atoms with Gasteiger partial charge in [0.1, 0.15) is 0 Å². The average Bonchev–Trinajstić information content (AvgIpc) is 2.24. The van der Waals surface area contributed by atoms with Crippen molar-refractivity contribution in [3.63, 3.8) is 0 Å². The molecule has 0 amide bonds. The zero-order chi connectivity index (χ0) is 6.43. The van der Waals surface area contributed by atoms with Gasteiger partial charge in [0.2, 0.25) is 0 Å². The van der Waals surface area contributed by atoms with Crippen molar-refractivity contribution in [2.45, 2.75) is 25.0 Å². The van der Waals surface area contributed by atoms with Crippen LogP contribution in [-0.2, 0) is 0 Å². The van der Waals surface area contributed by atoms with E-state index < -0.39 is 0 Å². The molecule has 0 spiro atoms. The first-order chi connectivity index (χ1) is 4.27. The highest BCUT2D eigenvalue weighted by atomic mass is 16.3. The summed E-state index contributed by atoms with van der Waals surface area (Å²) in [7, 11) is 2.15. The number of hydrogen-bond acceptors (Lipinski definition) is 2. The third-order valence-electron chi connectivity index (χ3n) is 2.78. The molecule has 0 unspecified atom stereocenters. The van der Waals surface area contributed by atoms with Gasteiger partial charge in [-0.15, -0.1) is 0 Å². The molecule has 2 nitrogen and oxygen atoms in total. The molecule has 0 aromatic carbocycles. The fourth-order valence-corrected chi connectivity index (χ4v) is 2.15. The van der Waals surface area contributed by atoms with Crippen LogP contribution in [0.25, 0.3) is 0 Å². The van der Waals surface area contributed by atoms with E-state index in [1.165, 1.54) is 6.42 Å². The van der Waals surface area contributed by atoms with Crippen LogP contribution in [0.5, 0.6) is 0 Å². The van der Waals surface area contributed by atoms with Gasteiger partial charge in [0.15, 0.2) is 0 Å². The predicted molar refractivity (Wildman–Crippen MR) is 35.1 cm³/mol. The van der Waals surface area contributed by atoms with Gasteiger partial charge in [-0.05, 0) is 25.8 Å². The van der Waals surface area contributed by atoms with Gasteiger partial charge in [0, 0.05) is 12.6 Å². The fraction of sp³-hybridized carbons (Fsp3) is 1.00. The SMILES string of the molecule is CN1C[C@@H]2C[C@H]1C[C@H]2O. The highest BCUT2D eigenvalue weighted by Crippen LogP contribution is 2.36. The molecule has 0 aromatic heterocycles. The first kappa shape index (κ1) is 5.69. The van der Waals surface area contributed by atoms with E-state index in [4.69, 9.17) is 0 Å². The van der Waals surface area contributed by atoms with Crippen LogP contribution in [0.15, 0.2) is 0 Å². The van der Waals surface area contributed by atoms with Crippen LogP contribution in [0.4, 0.5) is 0 Å². The Balaban J connectivity index is 2.10. The van der Waals surface area contributed by atoms with E-state index in [2.05, 4.69) is 11.9 Å². The maximum atomic E-state index is 9.31. The molecule has 2 aliphatic rings. The second kappa shape index (κ2) is 1.70. The fourth-order valence-electron chi connectivity index (χ4n) is 2.15. The minimum atomic E-state index is 0.0196. The molecule has 1 saturated heterocycles. The van der Waals surface area contributed by atoms with Gasteiger partial charge in [-0.2, -0.15) is 0 Å². The number of aliphatic hydroxyl groups is 1. The minimum absolute atomic E-state index is 0.0196. The van der Waals surface area contributed by atoms with Gasteiger partial charge in [-0.25, -0.2) is 0 Å². The van der Waals surface area contributed by atoms with Crippen molar-refractivity contribution in [3.05, 3.63) is 0 Å². The lowest BCUT2D eigenvalue weighted by molar-refractivity contribution is 0.0848. The quantitative estimate of drug-likeness (QED) is 0.498. The maximum absolute atomic E-state index is 9.31. The van der Waals surface area contributed by atoms with Crippen molar-refractivity contribution in [2.75, 3.05) is 13.6 Å². The van der Waals surface area contributed by atoms with Crippen molar-refractivity contribution in [2.24, 2.45) is 5.92 Å². The van der Waals surface area contributed by atoms with Gasteiger partial charge >= 0.3 is 0 Å². The Labute approximate surface area is 55.5 Å². The molecule has 1 N–H and O–H groups in total. The summed E-state index contributed by atoms with van der Waals surface area (Å²) in [6.45, 7) is 1.12. The Morgan fingerprint density at radius 3 is 2.56 bits per heavy atom. The number of aliphatic hydroxyl groups excluding tert-OH is 1. The van der Waals surface area contributed by atoms with Crippen LogP contribution < -0.4 is 0 Å². The molecule has 9 heavy (non-hydrogen) atoms. The number of fused-ring (bicyclic) bond motifs is 2. The van der Waals surface area contributed by atoms with Gasteiger partial charge in [-0.3, -0.25) is 0 Å². The second-order valence-corrected chi connectivity index (χ2v) is 3.39. The molecule has 1 saturated carbocycles. The van der Waals surface area contributed by atoms with Gasteiger partial charge < -0.3 is 10.0 Å². The molecule has 2 fully saturated rings. The van der Waals surface area contributed by atoms with E-state index in [-0.39, 0.29) is 6.10 Å². The van der Waals surface area contributed by atoms with E-state index in [0.717, 1.165) is 13.0 Å². The third-order valence-corrected chi connectivity index (χ3v) is 2.78. The topological polar surface area (TPSA) is 23.5 Å². The van der Waals surface area contributed by atoms with Crippen molar-refractivity contribution in [1.29, 1.82) is 0 Å². The second-order valence-electron chi connectivity index (χ2n) is 3.39. The van der Waals surface area contributed by atoms with Crippen LogP contribution in [0.2, 0.25) is 0 Å². The molecule has 1 aliphatic heterocycles. The smallest absolute Gasteiger partial charge is 0.0596 e. The number of likely N-dealkylation sites (tertiary alicyclic amines) is 1. The predicted octanol–water partition coefficient (Wildman–Crippen LogP) is 0.0713. The van der Waals surface area contributed by atoms with Crippen LogP contribution >= 0.6 is 0 Å². The lowest BCUT2D eigenvalue weighted by Crippen LogP contribution is -2.34. The summed E-state index contributed by atoms with van der Waals surface area (Å²) in [5.74, 6) is 0.597. The highest BCUT2D eigenvalue weighted by Gasteiger charge is 2.41. The Kier molecular flexibility index (Phi) is 1.08. The summed E-state index contributed by atoms with van der Waals surface area (Å²) in [4.78, 5) is 2.36. The van der Waals surface area contributed by atoms with Gasteiger partial charge in [-0.1, -0.05) is 0 Å². The maximum Gasteiger partial charge on any atom is 0.0596 e. The molecule has 52 valence electrons. The van der Waals surface area contributed by atoms with E-state index in [0.29, 0.717) is 12.0 Å².